The number of aryl methyl sites for hydroxylation is 1. The number of hydrogen-bond acceptors (Lipinski definition) is 4. The zero-order chi connectivity index (χ0) is 16.7. The maximum atomic E-state index is 11.2. The number of aromatic carboxylic acids is 1. The lowest BCUT2D eigenvalue weighted by atomic mass is 10.2. The van der Waals surface area contributed by atoms with Crippen LogP contribution in [0.2, 0.25) is 0 Å². The van der Waals surface area contributed by atoms with Crippen LogP contribution in [-0.2, 0) is 6.54 Å². The second kappa shape index (κ2) is 5.38. The highest BCUT2D eigenvalue weighted by Gasteiger charge is 2.13. The molecule has 0 saturated heterocycles. The van der Waals surface area contributed by atoms with Gasteiger partial charge < -0.3 is 14.8 Å². The van der Waals surface area contributed by atoms with Crippen LogP contribution in [0, 0.1) is 6.92 Å². The summed E-state index contributed by atoms with van der Waals surface area (Å²) in [5.41, 5.74) is 4.52. The summed E-state index contributed by atoms with van der Waals surface area (Å²) in [6.45, 7) is 2.59. The van der Waals surface area contributed by atoms with Crippen LogP contribution in [0.5, 0.6) is 0 Å². The first-order valence-corrected chi connectivity index (χ1v) is 7.50. The Hall–Kier alpha value is -3.35. The highest BCUT2D eigenvalue weighted by atomic mass is 16.4. The summed E-state index contributed by atoms with van der Waals surface area (Å²) < 4.78 is 1.99. The van der Waals surface area contributed by atoms with Gasteiger partial charge in [-0.1, -0.05) is 6.07 Å². The Morgan fingerprint density at radius 3 is 3.00 bits per heavy atom. The third-order valence-corrected chi connectivity index (χ3v) is 3.89. The number of hydrogen-bond donors (Lipinski definition) is 3. The number of nitrogens with one attached hydrogen (secondary N) is 2. The molecule has 3 heterocycles. The molecule has 7 nitrogen and oxygen atoms in total. The van der Waals surface area contributed by atoms with E-state index in [0.29, 0.717) is 17.4 Å². The van der Waals surface area contributed by atoms with Crippen LogP contribution in [0.1, 0.15) is 21.7 Å². The molecule has 0 amide bonds. The minimum atomic E-state index is -1.05. The fourth-order valence-electron chi connectivity index (χ4n) is 2.72. The molecule has 1 aromatic carbocycles. The topological polar surface area (TPSA) is 95.3 Å². The molecule has 120 valence electrons. The van der Waals surface area contributed by atoms with E-state index in [1.54, 1.807) is 6.07 Å². The molecule has 0 atom stereocenters. The van der Waals surface area contributed by atoms with Gasteiger partial charge in [-0.05, 0) is 36.8 Å². The van der Waals surface area contributed by atoms with Crippen LogP contribution in [-0.4, -0.2) is 30.7 Å². The van der Waals surface area contributed by atoms with Crippen LogP contribution >= 0.6 is 0 Å². The number of carbonyl (C=O) groups is 1. The monoisotopic (exact) mass is 321 g/mol. The summed E-state index contributed by atoms with van der Waals surface area (Å²) in [5, 5.41) is 19.6. The molecule has 0 unspecified atom stereocenters. The number of aromatic amines is 1. The number of pyridine rings is 1. The molecule has 24 heavy (non-hydrogen) atoms. The lowest BCUT2D eigenvalue weighted by Crippen LogP contribution is -2.00. The van der Waals surface area contributed by atoms with Gasteiger partial charge in [0, 0.05) is 23.5 Å². The quantitative estimate of drug-likeness (QED) is 0.537. The Kier molecular flexibility index (Phi) is 3.19. The summed E-state index contributed by atoms with van der Waals surface area (Å²) in [6.07, 6.45) is 4.01. The van der Waals surface area contributed by atoms with E-state index in [-0.39, 0.29) is 5.69 Å². The molecule has 0 spiro atoms. The number of nitrogens with zero attached hydrogens (tertiary/aromatic N) is 3. The van der Waals surface area contributed by atoms with Gasteiger partial charge in [-0.3, -0.25) is 5.10 Å². The number of aromatic nitrogens is 4. The van der Waals surface area contributed by atoms with Crippen molar-refractivity contribution in [3.05, 3.63) is 59.7 Å². The minimum absolute atomic E-state index is 0.0249. The van der Waals surface area contributed by atoms with Crippen molar-refractivity contribution >= 4 is 28.2 Å². The van der Waals surface area contributed by atoms with Gasteiger partial charge in [0.2, 0.25) is 0 Å². The normalized spacial score (nSPS) is 11.2. The number of carboxylic acid groups (broad SMARTS) is 1. The molecule has 3 aromatic heterocycles. The second-order valence-electron chi connectivity index (χ2n) is 5.70. The van der Waals surface area contributed by atoms with Gasteiger partial charge in [0.15, 0.2) is 5.69 Å². The lowest BCUT2D eigenvalue weighted by molar-refractivity contribution is 0.0692. The number of anilines is 1. The minimum Gasteiger partial charge on any atom is -0.476 e. The number of carboxylic acids is 1. The van der Waals surface area contributed by atoms with Crippen molar-refractivity contribution in [3.63, 3.8) is 0 Å². The SMILES string of the molecule is Cc1ccc2nc(CNc3ccc4[nH]nc(C(=O)O)c4c3)cn2c1. The van der Waals surface area contributed by atoms with Gasteiger partial charge in [0.1, 0.15) is 5.65 Å². The van der Waals surface area contributed by atoms with Gasteiger partial charge in [0.25, 0.3) is 0 Å². The van der Waals surface area contributed by atoms with Crippen molar-refractivity contribution in [2.24, 2.45) is 0 Å². The molecular weight excluding hydrogens is 306 g/mol. The predicted molar refractivity (Wildman–Crippen MR) is 90.3 cm³/mol. The molecule has 0 aliphatic heterocycles. The molecule has 0 radical (unpaired) electrons. The van der Waals surface area contributed by atoms with Crippen molar-refractivity contribution in [1.29, 1.82) is 0 Å². The highest BCUT2D eigenvalue weighted by molar-refractivity contribution is 6.01. The predicted octanol–water partition coefficient (Wildman–Crippen LogP) is 2.83. The summed E-state index contributed by atoms with van der Waals surface area (Å²) in [5.74, 6) is -1.05. The van der Waals surface area contributed by atoms with E-state index in [0.717, 1.165) is 17.0 Å². The van der Waals surface area contributed by atoms with Gasteiger partial charge in [-0.25, -0.2) is 9.78 Å². The van der Waals surface area contributed by atoms with Gasteiger partial charge in [-0.15, -0.1) is 0 Å². The van der Waals surface area contributed by atoms with E-state index in [1.807, 2.05) is 48.0 Å². The van der Waals surface area contributed by atoms with E-state index in [1.165, 1.54) is 5.56 Å². The first kappa shape index (κ1) is 14.3. The van der Waals surface area contributed by atoms with Gasteiger partial charge in [-0.2, -0.15) is 5.10 Å². The molecule has 0 fully saturated rings. The van der Waals surface area contributed by atoms with Crippen LogP contribution in [0.15, 0.2) is 42.7 Å². The number of imidazole rings is 1. The Morgan fingerprint density at radius 2 is 2.17 bits per heavy atom. The molecule has 7 heteroatoms. The van der Waals surface area contributed by atoms with E-state index in [9.17, 15) is 4.79 Å². The summed E-state index contributed by atoms with van der Waals surface area (Å²) in [4.78, 5) is 15.7. The van der Waals surface area contributed by atoms with Crippen molar-refractivity contribution < 1.29 is 9.90 Å². The second-order valence-corrected chi connectivity index (χ2v) is 5.70. The maximum absolute atomic E-state index is 11.2. The smallest absolute Gasteiger partial charge is 0.357 e. The van der Waals surface area contributed by atoms with E-state index < -0.39 is 5.97 Å². The molecule has 4 rings (SSSR count). The third-order valence-electron chi connectivity index (χ3n) is 3.89. The summed E-state index contributed by atoms with van der Waals surface area (Å²) in [7, 11) is 0. The average Bonchev–Trinajstić information content (AvgIpc) is 3.15. The average molecular weight is 321 g/mol. The Balaban J connectivity index is 1.59. The van der Waals surface area contributed by atoms with E-state index in [2.05, 4.69) is 20.5 Å². The summed E-state index contributed by atoms with van der Waals surface area (Å²) in [6, 6.07) is 9.48. The molecule has 0 bridgehead atoms. The first-order valence-electron chi connectivity index (χ1n) is 7.50. The van der Waals surface area contributed by atoms with E-state index >= 15 is 0 Å². The Bertz CT molecular complexity index is 1060. The zero-order valence-corrected chi connectivity index (χ0v) is 12.9. The molecule has 0 aliphatic carbocycles. The van der Waals surface area contributed by atoms with Crippen LogP contribution in [0.4, 0.5) is 5.69 Å². The standard InChI is InChI=1S/C17H15N5O2/c1-10-2-5-15-19-12(9-22(15)8-10)7-18-11-3-4-14-13(6-11)16(17(23)24)21-20-14/h2-6,8-9,18H,7H2,1H3,(H,20,21)(H,23,24). The fourth-order valence-corrected chi connectivity index (χ4v) is 2.72. The molecule has 0 aliphatic rings. The highest BCUT2D eigenvalue weighted by Crippen LogP contribution is 2.21. The molecular formula is C17H15N5O2. The number of fused-ring (bicyclic) bond motifs is 2. The molecule has 3 N–H and O–H groups in total. The molecule has 0 saturated carbocycles. The van der Waals surface area contributed by atoms with E-state index in [4.69, 9.17) is 5.11 Å². The number of rotatable bonds is 4. The first-order chi connectivity index (χ1) is 11.6. The van der Waals surface area contributed by atoms with Crippen molar-refractivity contribution in [2.45, 2.75) is 13.5 Å². The number of benzene rings is 1. The maximum Gasteiger partial charge on any atom is 0.357 e. The third kappa shape index (κ3) is 2.45. The Morgan fingerprint density at radius 1 is 1.29 bits per heavy atom. The zero-order valence-electron chi connectivity index (χ0n) is 12.9. The molecule has 4 aromatic rings. The largest absolute Gasteiger partial charge is 0.476 e. The van der Waals surface area contributed by atoms with Crippen molar-refractivity contribution in [2.75, 3.05) is 5.32 Å². The van der Waals surface area contributed by atoms with Crippen LogP contribution in [0.25, 0.3) is 16.6 Å². The number of H-pyrrole nitrogens is 1. The Labute approximate surface area is 137 Å². The lowest BCUT2D eigenvalue weighted by Gasteiger charge is -2.04. The van der Waals surface area contributed by atoms with Gasteiger partial charge >= 0.3 is 5.97 Å². The van der Waals surface area contributed by atoms with Crippen molar-refractivity contribution in [3.8, 4) is 0 Å². The fraction of sp³-hybridized carbons (Fsp3) is 0.118. The van der Waals surface area contributed by atoms with Crippen LogP contribution < -0.4 is 5.32 Å². The van der Waals surface area contributed by atoms with Crippen LogP contribution in [0.3, 0.4) is 0 Å². The summed E-state index contributed by atoms with van der Waals surface area (Å²) >= 11 is 0. The van der Waals surface area contributed by atoms with Gasteiger partial charge in [0.05, 0.1) is 17.8 Å². The van der Waals surface area contributed by atoms with Crippen molar-refractivity contribution in [1.82, 2.24) is 19.6 Å².